The number of aryl methyl sites for hydroxylation is 2. The zero-order valence-electron chi connectivity index (χ0n) is 18.9. The quantitative estimate of drug-likeness (QED) is 0.702. The Kier molecular flexibility index (Phi) is 7.17. The molecule has 31 heavy (non-hydrogen) atoms. The lowest BCUT2D eigenvalue weighted by Gasteiger charge is -2.33. The summed E-state index contributed by atoms with van der Waals surface area (Å²) in [6, 6.07) is 11.2. The molecule has 1 N–H and O–H groups in total. The summed E-state index contributed by atoms with van der Waals surface area (Å²) < 4.78 is 11.5. The molecule has 0 spiro atoms. The Balaban J connectivity index is 1.70. The molecule has 0 aromatic heterocycles. The van der Waals surface area contributed by atoms with Gasteiger partial charge in [-0.2, -0.15) is 0 Å². The van der Waals surface area contributed by atoms with Crippen LogP contribution < -0.4 is 19.7 Å². The average Bonchev–Trinajstić information content (AvgIpc) is 2.70. The third-order valence-electron chi connectivity index (χ3n) is 5.19. The predicted octanol–water partition coefficient (Wildman–Crippen LogP) is 3.39. The number of nitrogens with one attached hydrogen (secondary N) is 1. The number of carbonyl (C=O) groups is 2. The van der Waals surface area contributed by atoms with Gasteiger partial charge in [0.15, 0.2) is 12.7 Å². The van der Waals surface area contributed by atoms with E-state index in [1.54, 1.807) is 30.0 Å². The number of para-hydroxylation sites is 1. The molecule has 2 aromatic rings. The number of hydrogen-bond acceptors (Lipinski definition) is 5. The molecule has 0 fully saturated rings. The molecule has 1 aliphatic heterocycles. The van der Waals surface area contributed by atoms with Gasteiger partial charge in [-0.3, -0.25) is 9.59 Å². The van der Waals surface area contributed by atoms with Gasteiger partial charge in [0.05, 0.1) is 5.69 Å². The molecule has 7 heteroatoms. The molecule has 0 aliphatic carbocycles. The normalized spacial score (nSPS) is 15.5. The molecule has 0 saturated heterocycles. The molecule has 166 valence electrons. The summed E-state index contributed by atoms with van der Waals surface area (Å²) in [5, 5.41) is 2.86. The number of carbonyl (C=O) groups excluding carboxylic acids is 2. The molecule has 0 radical (unpaired) electrons. The molecule has 1 aliphatic rings. The molecule has 0 bridgehead atoms. The van der Waals surface area contributed by atoms with Crippen LogP contribution in [0.5, 0.6) is 11.5 Å². The Labute approximate surface area is 183 Å². The van der Waals surface area contributed by atoms with Crippen molar-refractivity contribution in [3.63, 3.8) is 0 Å². The first kappa shape index (κ1) is 22.6. The highest BCUT2D eigenvalue weighted by Gasteiger charge is 2.31. The zero-order chi connectivity index (χ0) is 22.5. The van der Waals surface area contributed by atoms with Gasteiger partial charge in [-0.1, -0.05) is 18.2 Å². The van der Waals surface area contributed by atoms with Crippen LogP contribution in [0.4, 0.5) is 11.4 Å². The van der Waals surface area contributed by atoms with Gasteiger partial charge in [-0.05, 0) is 77.2 Å². The number of amides is 2. The van der Waals surface area contributed by atoms with Crippen molar-refractivity contribution in [1.29, 1.82) is 0 Å². The third kappa shape index (κ3) is 5.55. The fourth-order valence-electron chi connectivity index (χ4n) is 3.62. The third-order valence-corrected chi connectivity index (χ3v) is 5.19. The highest BCUT2D eigenvalue weighted by atomic mass is 16.5. The lowest BCUT2D eigenvalue weighted by atomic mass is 10.1. The summed E-state index contributed by atoms with van der Waals surface area (Å²) in [5.41, 5.74) is 3.24. The molecule has 0 saturated carbocycles. The highest BCUT2D eigenvalue weighted by molar-refractivity contribution is 6.01. The van der Waals surface area contributed by atoms with Gasteiger partial charge in [0, 0.05) is 12.2 Å². The van der Waals surface area contributed by atoms with Gasteiger partial charge in [0.25, 0.3) is 11.8 Å². The molecule has 7 nitrogen and oxygen atoms in total. The molecule has 3 rings (SSSR count). The molecular formula is C24H31N3O4. The number of rotatable bonds is 8. The Bertz CT molecular complexity index is 938. The number of nitrogens with zero attached hydrogens (tertiary/aromatic N) is 2. The topological polar surface area (TPSA) is 71.1 Å². The molecular weight excluding hydrogens is 394 g/mol. The standard InChI is InChI=1S/C24H31N3O4/c1-16-8-6-9-17(2)23(16)30-15-22(28)25-19-10-11-21-20(14-19)27(13-7-12-26(4)5)24(29)18(3)31-21/h6,8-11,14,18H,7,12-13,15H2,1-5H3,(H,25,28). The van der Waals surface area contributed by atoms with Gasteiger partial charge in [0.1, 0.15) is 11.5 Å². The summed E-state index contributed by atoms with van der Waals surface area (Å²) in [6.07, 6.45) is 0.309. The summed E-state index contributed by atoms with van der Waals surface area (Å²) >= 11 is 0. The predicted molar refractivity (Wildman–Crippen MR) is 122 cm³/mol. The van der Waals surface area contributed by atoms with E-state index in [2.05, 4.69) is 10.2 Å². The summed E-state index contributed by atoms with van der Waals surface area (Å²) in [6.45, 7) is 7.02. The van der Waals surface area contributed by atoms with Gasteiger partial charge in [0.2, 0.25) is 0 Å². The van der Waals surface area contributed by atoms with Crippen LogP contribution in [-0.2, 0) is 9.59 Å². The molecule has 1 atom stereocenters. The molecule has 2 aromatic carbocycles. The number of fused-ring (bicyclic) bond motifs is 1. The molecule has 1 unspecified atom stereocenters. The first-order valence-electron chi connectivity index (χ1n) is 10.5. The van der Waals surface area contributed by atoms with Crippen molar-refractivity contribution in [3.05, 3.63) is 47.5 Å². The van der Waals surface area contributed by atoms with Crippen LogP contribution in [0.15, 0.2) is 36.4 Å². The second kappa shape index (κ2) is 9.83. The van der Waals surface area contributed by atoms with Crippen molar-refractivity contribution in [2.75, 3.05) is 44.0 Å². The van der Waals surface area contributed by atoms with Gasteiger partial charge < -0.3 is 24.6 Å². The summed E-state index contributed by atoms with van der Waals surface area (Å²) in [4.78, 5) is 29.0. The number of ether oxygens (including phenoxy) is 2. The van der Waals surface area contributed by atoms with Gasteiger partial charge in [-0.25, -0.2) is 0 Å². The van der Waals surface area contributed by atoms with Crippen molar-refractivity contribution in [1.82, 2.24) is 4.90 Å². The van der Waals surface area contributed by atoms with Crippen LogP contribution in [-0.4, -0.2) is 56.6 Å². The first-order chi connectivity index (χ1) is 14.8. The van der Waals surface area contributed by atoms with Crippen LogP contribution >= 0.6 is 0 Å². The highest BCUT2D eigenvalue weighted by Crippen LogP contribution is 2.36. The number of hydrogen-bond donors (Lipinski definition) is 1. The van der Waals surface area contributed by atoms with E-state index in [-0.39, 0.29) is 18.4 Å². The minimum atomic E-state index is -0.530. The fourth-order valence-corrected chi connectivity index (χ4v) is 3.62. The lowest BCUT2D eigenvalue weighted by Crippen LogP contribution is -2.45. The maximum absolute atomic E-state index is 12.7. The Hall–Kier alpha value is -3.06. The van der Waals surface area contributed by atoms with E-state index in [9.17, 15) is 9.59 Å². The van der Waals surface area contributed by atoms with E-state index < -0.39 is 6.10 Å². The van der Waals surface area contributed by atoms with Crippen LogP contribution in [0.25, 0.3) is 0 Å². The molecule has 1 heterocycles. The SMILES string of the molecule is Cc1cccc(C)c1OCC(=O)Nc1ccc2c(c1)N(CCCN(C)C)C(=O)C(C)O2. The zero-order valence-corrected chi connectivity index (χ0v) is 18.9. The Morgan fingerprint density at radius 3 is 2.58 bits per heavy atom. The minimum Gasteiger partial charge on any atom is -0.483 e. The van der Waals surface area contributed by atoms with Crippen molar-refractivity contribution in [2.45, 2.75) is 33.3 Å². The van der Waals surface area contributed by atoms with Crippen molar-refractivity contribution in [2.24, 2.45) is 0 Å². The van der Waals surface area contributed by atoms with Crippen LogP contribution in [0.3, 0.4) is 0 Å². The number of anilines is 2. The fraction of sp³-hybridized carbons (Fsp3) is 0.417. The van der Waals surface area contributed by atoms with E-state index in [4.69, 9.17) is 9.47 Å². The van der Waals surface area contributed by atoms with E-state index in [1.165, 1.54) is 0 Å². The summed E-state index contributed by atoms with van der Waals surface area (Å²) in [7, 11) is 4.01. The maximum Gasteiger partial charge on any atom is 0.267 e. The Morgan fingerprint density at radius 1 is 1.19 bits per heavy atom. The second-order valence-corrected chi connectivity index (χ2v) is 8.15. The average molecular weight is 426 g/mol. The lowest BCUT2D eigenvalue weighted by molar-refractivity contribution is -0.125. The van der Waals surface area contributed by atoms with E-state index in [0.717, 1.165) is 29.8 Å². The Morgan fingerprint density at radius 2 is 1.90 bits per heavy atom. The van der Waals surface area contributed by atoms with Crippen molar-refractivity contribution >= 4 is 23.2 Å². The van der Waals surface area contributed by atoms with Gasteiger partial charge in [-0.15, -0.1) is 0 Å². The van der Waals surface area contributed by atoms with Crippen molar-refractivity contribution in [3.8, 4) is 11.5 Å². The monoisotopic (exact) mass is 425 g/mol. The largest absolute Gasteiger partial charge is 0.483 e. The smallest absolute Gasteiger partial charge is 0.267 e. The van der Waals surface area contributed by atoms with Crippen LogP contribution in [0, 0.1) is 13.8 Å². The van der Waals surface area contributed by atoms with Crippen LogP contribution in [0.1, 0.15) is 24.5 Å². The van der Waals surface area contributed by atoms with Crippen molar-refractivity contribution < 1.29 is 19.1 Å². The van der Waals surface area contributed by atoms with E-state index >= 15 is 0 Å². The minimum absolute atomic E-state index is 0.0758. The molecule has 2 amide bonds. The van der Waals surface area contributed by atoms with Crippen LogP contribution in [0.2, 0.25) is 0 Å². The second-order valence-electron chi connectivity index (χ2n) is 8.15. The maximum atomic E-state index is 12.7. The van der Waals surface area contributed by atoms with E-state index in [1.807, 2.05) is 46.1 Å². The summed E-state index contributed by atoms with van der Waals surface area (Å²) in [5.74, 6) is 1.02. The number of benzene rings is 2. The van der Waals surface area contributed by atoms with E-state index in [0.29, 0.717) is 23.7 Å². The van der Waals surface area contributed by atoms with Gasteiger partial charge >= 0.3 is 0 Å². The first-order valence-corrected chi connectivity index (χ1v) is 10.5.